The Balaban J connectivity index is 2.32. The highest BCUT2D eigenvalue weighted by Crippen LogP contribution is 2.06. The molecule has 0 saturated carbocycles. The van der Waals surface area contributed by atoms with Gasteiger partial charge in [0.05, 0.1) is 0 Å². The minimum atomic E-state index is -2.91. The molecule has 0 amide bonds. The summed E-state index contributed by atoms with van der Waals surface area (Å²) in [5.74, 6) is 0.162. The summed E-state index contributed by atoms with van der Waals surface area (Å²) >= 11 is 0. The van der Waals surface area contributed by atoms with E-state index in [1.54, 1.807) is 18.3 Å². The number of sulfone groups is 1. The second-order valence-corrected chi connectivity index (χ2v) is 6.01. The van der Waals surface area contributed by atoms with Crippen LogP contribution >= 0.6 is 0 Å². The molecule has 0 aromatic carbocycles. The molecule has 1 rings (SSSR count). The van der Waals surface area contributed by atoms with Crippen LogP contribution in [0.25, 0.3) is 0 Å². The van der Waals surface area contributed by atoms with E-state index in [4.69, 9.17) is 0 Å². The highest BCUT2D eigenvalue weighted by atomic mass is 32.2. The topological polar surface area (TPSA) is 64.1 Å². The van der Waals surface area contributed by atoms with Gasteiger partial charge < -0.3 is 0 Å². The lowest BCUT2D eigenvalue weighted by Crippen LogP contribution is -2.04. The first-order chi connectivity index (χ1) is 7.49. The Morgan fingerprint density at radius 1 is 1.38 bits per heavy atom. The van der Waals surface area contributed by atoms with Crippen LogP contribution in [-0.2, 0) is 9.84 Å². The van der Waals surface area contributed by atoms with Crippen molar-refractivity contribution in [2.45, 2.75) is 19.3 Å². The summed E-state index contributed by atoms with van der Waals surface area (Å²) < 4.78 is 21.7. The number of carbonyl (C=O) groups excluding carboxylic acids is 1. The van der Waals surface area contributed by atoms with E-state index in [1.165, 1.54) is 12.5 Å². The highest BCUT2D eigenvalue weighted by molar-refractivity contribution is 7.90. The lowest BCUT2D eigenvalue weighted by Gasteiger charge is -2.00. The zero-order valence-corrected chi connectivity index (χ0v) is 10.0. The van der Waals surface area contributed by atoms with Crippen molar-refractivity contribution in [3.8, 4) is 0 Å². The predicted octanol–water partition coefficient (Wildman–Crippen LogP) is 1.48. The number of hydrogen-bond acceptors (Lipinski definition) is 4. The number of unbranched alkanes of at least 4 members (excludes halogenated alkanes) is 1. The summed E-state index contributed by atoms with van der Waals surface area (Å²) in [6, 6.07) is 3.43. The minimum absolute atomic E-state index is 0.0154. The first-order valence-corrected chi connectivity index (χ1v) is 7.16. The van der Waals surface area contributed by atoms with Gasteiger partial charge in [-0.1, -0.05) is 0 Å². The van der Waals surface area contributed by atoms with Crippen molar-refractivity contribution in [1.29, 1.82) is 0 Å². The number of Topliss-reactive ketones (excluding diaryl/α,β-unsaturated/α-hetero) is 1. The standard InChI is InChI=1S/C11H15NO3S/c1-16(14,15)8-3-2-6-11(13)10-5-4-7-12-9-10/h4-5,7,9H,2-3,6,8H2,1H3. The summed E-state index contributed by atoms with van der Waals surface area (Å²) in [5.41, 5.74) is 0.585. The molecule has 1 aromatic heterocycles. The van der Waals surface area contributed by atoms with Gasteiger partial charge in [0, 0.05) is 36.4 Å². The molecule has 4 nitrogen and oxygen atoms in total. The van der Waals surface area contributed by atoms with Crippen LogP contribution in [0.1, 0.15) is 29.6 Å². The Morgan fingerprint density at radius 3 is 2.69 bits per heavy atom. The zero-order chi connectivity index (χ0) is 12.0. The smallest absolute Gasteiger partial charge is 0.164 e. The summed E-state index contributed by atoms with van der Waals surface area (Å²) in [6.45, 7) is 0. The average Bonchev–Trinajstić information content (AvgIpc) is 2.24. The highest BCUT2D eigenvalue weighted by Gasteiger charge is 2.06. The Labute approximate surface area is 95.6 Å². The first-order valence-electron chi connectivity index (χ1n) is 5.10. The fraction of sp³-hybridized carbons (Fsp3) is 0.455. The van der Waals surface area contributed by atoms with Crippen molar-refractivity contribution in [3.05, 3.63) is 30.1 Å². The van der Waals surface area contributed by atoms with Crippen LogP contribution in [0.5, 0.6) is 0 Å². The monoisotopic (exact) mass is 241 g/mol. The van der Waals surface area contributed by atoms with Gasteiger partial charge in [0.1, 0.15) is 9.84 Å². The Bertz CT molecular complexity index is 440. The van der Waals surface area contributed by atoms with Crippen LogP contribution in [0.4, 0.5) is 0 Å². The van der Waals surface area contributed by atoms with Crippen molar-refractivity contribution in [2.75, 3.05) is 12.0 Å². The van der Waals surface area contributed by atoms with Gasteiger partial charge in [0.2, 0.25) is 0 Å². The van der Waals surface area contributed by atoms with Crippen LogP contribution in [0.15, 0.2) is 24.5 Å². The van der Waals surface area contributed by atoms with Crippen molar-refractivity contribution in [3.63, 3.8) is 0 Å². The summed E-state index contributed by atoms with van der Waals surface area (Å²) in [7, 11) is -2.91. The summed E-state index contributed by atoms with van der Waals surface area (Å²) in [6.07, 6.45) is 5.85. The van der Waals surface area contributed by atoms with Gasteiger partial charge in [-0.15, -0.1) is 0 Å². The molecule has 0 N–H and O–H groups in total. The second kappa shape index (κ2) is 5.75. The maximum Gasteiger partial charge on any atom is 0.164 e. The SMILES string of the molecule is CS(=O)(=O)CCCCC(=O)c1cccnc1. The molecule has 88 valence electrons. The molecular weight excluding hydrogens is 226 g/mol. The number of pyridine rings is 1. The molecule has 0 radical (unpaired) electrons. The van der Waals surface area contributed by atoms with E-state index in [1.807, 2.05) is 0 Å². The fourth-order valence-electron chi connectivity index (χ4n) is 1.32. The molecule has 5 heteroatoms. The quantitative estimate of drug-likeness (QED) is 0.559. The van der Waals surface area contributed by atoms with Gasteiger partial charge >= 0.3 is 0 Å². The molecule has 0 aliphatic heterocycles. The van der Waals surface area contributed by atoms with Gasteiger partial charge in [0.15, 0.2) is 5.78 Å². The zero-order valence-electron chi connectivity index (χ0n) is 9.22. The lowest BCUT2D eigenvalue weighted by atomic mass is 10.1. The number of aromatic nitrogens is 1. The van der Waals surface area contributed by atoms with Crippen LogP contribution < -0.4 is 0 Å². The number of ketones is 1. The maximum absolute atomic E-state index is 11.6. The molecule has 0 atom stereocenters. The van der Waals surface area contributed by atoms with Crippen molar-refractivity contribution >= 4 is 15.6 Å². The molecular formula is C11H15NO3S. The maximum atomic E-state index is 11.6. The average molecular weight is 241 g/mol. The predicted molar refractivity (Wildman–Crippen MR) is 62.1 cm³/mol. The van der Waals surface area contributed by atoms with E-state index in [9.17, 15) is 13.2 Å². The van der Waals surface area contributed by atoms with Crippen LogP contribution in [0, 0.1) is 0 Å². The van der Waals surface area contributed by atoms with E-state index < -0.39 is 9.84 Å². The first kappa shape index (κ1) is 12.8. The van der Waals surface area contributed by atoms with Gasteiger partial charge in [-0.25, -0.2) is 8.42 Å². The van der Waals surface area contributed by atoms with Gasteiger partial charge in [-0.3, -0.25) is 9.78 Å². The van der Waals surface area contributed by atoms with E-state index in [0.717, 1.165) is 0 Å². The third kappa shape index (κ3) is 5.02. The second-order valence-electron chi connectivity index (χ2n) is 3.75. The van der Waals surface area contributed by atoms with E-state index >= 15 is 0 Å². The molecule has 0 aliphatic rings. The number of rotatable bonds is 6. The molecule has 0 fully saturated rings. The number of hydrogen-bond donors (Lipinski definition) is 0. The molecule has 16 heavy (non-hydrogen) atoms. The molecule has 0 saturated heterocycles. The van der Waals surface area contributed by atoms with E-state index in [2.05, 4.69) is 4.98 Å². The summed E-state index contributed by atoms with van der Waals surface area (Å²) in [5, 5.41) is 0. The van der Waals surface area contributed by atoms with Crippen LogP contribution in [0.2, 0.25) is 0 Å². The van der Waals surface area contributed by atoms with E-state index in [-0.39, 0.29) is 11.5 Å². The fourth-order valence-corrected chi connectivity index (χ4v) is 2.05. The molecule has 1 aromatic rings. The largest absolute Gasteiger partial charge is 0.294 e. The number of nitrogens with zero attached hydrogens (tertiary/aromatic N) is 1. The third-order valence-electron chi connectivity index (χ3n) is 2.15. The number of carbonyl (C=O) groups is 1. The normalized spacial score (nSPS) is 11.3. The van der Waals surface area contributed by atoms with E-state index in [0.29, 0.717) is 24.8 Å². The molecule has 1 heterocycles. The molecule has 0 aliphatic carbocycles. The van der Waals surface area contributed by atoms with Crippen LogP contribution in [-0.4, -0.2) is 31.2 Å². The molecule has 0 unspecified atom stereocenters. The van der Waals surface area contributed by atoms with Gasteiger partial charge in [-0.05, 0) is 25.0 Å². The minimum Gasteiger partial charge on any atom is -0.294 e. The van der Waals surface area contributed by atoms with Crippen molar-refractivity contribution in [2.24, 2.45) is 0 Å². The van der Waals surface area contributed by atoms with Crippen molar-refractivity contribution in [1.82, 2.24) is 4.98 Å². The Hall–Kier alpha value is -1.23. The lowest BCUT2D eigenvalue weighted by molar-refractivity contribution is 0.0979. The Morgan fingerprint density at radius 2 is 2.12 bits per heavy atom. The molecule has 0 bridgehead atoms. The molecule has 0 spiro atoms. The van der Waals surface area contributed by atoms with Gasteiger partial charge in [-0.2, -0.15) is 0 Å². The van der Waals surface area contributed by atoms with Crippen molar-refractivity contribution < 1.29 is 13.2 Å². The summed E-state index contributed by atoms with van der Waals surface area (Å²) in [4.78, 5) is 15.4. The third-order valence-corrected chi connectivity index (χ3v) is 3.18. The van der Waals surface area contributed by atoms with Crippen LogP contribution in [0.3, 0.4) is 0 Å². The Kier molecular flexibility index (Phi) is 4.61. The van der Waals surface area contributed by atoms with Gasteiger partial charge in [0.25, 0.3) is 0 Å².